The van der Waals surface area contributed by atoms with Gasteiger partial charge in [0.2, 0.25) is 10.0 Å². The van der Waals surface area contributed by atoms with Crippen LogP contribution in [0.4, 0.5) is 0 Å². The number of aromatic nitrogens is 2. The summed E-state index contributed by atoms with van der Waals surface area (Å²) in [6.07, 6.45) is 6.48. The molecular weight excluding hydrogens is 436 g/mol. The van der Waals surface area contributed by atoms with E-state index in [-0.39, 0.29) is 10.8 Å². The molecule has 0 radical (unpaired) electrons. The minimum Gasteiger partial charge on any atom is -0.337 e. The van der Waals surface area contributed by atoms with E-state index in [9.17, 15) is 13.2 Å². The van der Waals surface area contributed by atoms with Crippen LogP contribution in [0, 0.1) is 6.92 Å². The van der Waals surface area contributed by atoms with Crippen LogP contribution in [0.3, 0.4) is 0 Å². The molecular formula is C25H30N4O3S. The lowest BCUT2D eigenvalue weighted by atomic mass is 10.1. The number of nitrogens with zero attached hydrogens (tertiary/aromatic N) is 4. The second-order valence-corrected chi connectivity index (χ2v) is 10.5. The molecule has 7 nitrogen and oxygen atoms in total. The van der Waals surface area contributed by atoms with Gasteiger partial charge < -0.3 is 4.90 Å². The fourth-order valence-corrected chi connectivity index (χ4v) is 5.93. The normalized spacial score (nSPS) is 14.8. The van der Waals surface area contributed by atoms with Gasteiger partial charge in [-0.1, -0.05) is 42.8 Å². The third-order valence-electron chi connectivity index (χ3n) is 6.01. The number of rotatable bonds is 7. The molecule has 1 fully saturated rings. The van der Waals surface area contributed by atoms with E-state index in [2.05, 4.69) is 5.10 Å². The van der Waals surface area contributed by atoms with Crippen molar-refractivity contribution >= 4 is 15.9 Å². The average molecular weight is 467 g/mol. The zero-order chi connectivity index (χ0) is 23.4. The highest BCUT2D eigenvalue weighted by Crippen LogP contribution is 2.25. The van der Waals surface area contributed by atoms with Gasteiger partial charge in [-0.25, -0.2) is 8.42 Å². The summed E-state index contributed by atoms with van der Waals surface area (Å²) in [6.45, 7) is 3.89. The molecule has 0 N–H and O–H groups in total. The Bertz CT molecular complexity index is 1220. The van der Waals surface area contributed by atoms with E-state index in [1.165, 1.54) is 10.4 Å². The number of aryl methyl sites for hydroxylation is 1. The van der Waals surface area contributed by atoms with E-state index in [1.54, 1.807) is 37.2 Å². The fraction of sp³-hybridized carbons (Fsp3) is 0.360. The van der Waals surface area contributed by atoms with Crippen molar-refractivity contribution in [1.29, 1.82) is 0 Å². The number of piperidine rings is 1. The molecule has 174 valence electrons. The van der Waals surface area contributed by atoms with Crippen LogP contribution in [0.5, 0.6) is 0 Å². The summed E-state index contributed by atoms with van der Waals surface area (Å²) in [6, 6.07) is 15.0. The molecule has 0 spiro atoms. The summed E-state index contributed by atoms with van der Waals surface area (Å²) >= 11 is 0. The highest BCUT2D eigenvalue weighted by atomic mass is 32.2. The molecule has 1 aliphatic rings. The average Bonchev–Trinajstić information content (AvgIpc) is 3.26. The van der Waals surface area contributed by atoms with Crippen molar-refractivity contribution in [2.75, 3.05) is 20.1 Å². The molecule has 1 amide bonds. The standard InChI is InChI=1S/C25H30N4O3S/c1-20-11-12-23(15-24(20)33(31,32)29-13-7-4-8-14-29)25(30)27(2)17-22-16-26-28(19-22)18-21-9-5-3-6-10-21/h3,5-6,9-12,15-16,19H,4,7-8,13-14,17-18H2,1-2H3. The topological polar surface area (TPSA) is 75.5 Å². The van der Waals surface area contributed by atoms with Crippen LogP contribution in [0.25, 0.3) is 0 Å². The van der Waals surface area contributed by atoms with E-state index in [4.69, 9.17) is 0 Å². The third kappa shape index (κ3) is 5.34. The molecule has 0 bridgehead atoms. The number of carbonyl (C=O) groups is 1. The Morgan fingerprint density at radius 1 is 1.03 bits per heavy atom. The zero-order valence-electron chi connectivity index (χ0n) is 19.1. The van der Waals surface area contributed by atoms with Crippen LogP contribution in [0.1, 0.15) is 46.3 Å². The van der Waals surface area contributed by atoms with Gasteiger partial charge in [0.05, 0.1) is 17.6 Å². The monoisotopic (exact) mass is 466 g/mol. The number of sulfonamides is 1. The Labute approximate surface area is 195 Å². The number of benzene rings is 2. The number of amides is 1. The summed E-state index contributed by atoms with van der Waals surface area (Å²) in [4.78, 5) is 14.9. The largest absolute Gasteiger partial charge is 0.337 e. The van der Waals surface area contributed by atoms with Gasteiger partial charge in [-0.05, 0) is 43.0 Å². The molecule has 8 heteroatoms. The van der Waals surface area contributed by atoms with Crippen molar-refractivity contribution in [2.45, 2.75) is 44.2 Å². The van der Waals surface area contributed by atoms with Gasteiger partial charge in [0.25, 0.3) is 5.91 Å². The van der Waals surface area contributed by atoms with E-state index >= 15 is 0 Å². The summed E-state index contributed by atoms with van der Waals surface area (Å²) in [7, 11) is -1.89. The molecule has 33 heavy (non-hydrogen) atoms. The first kappa shape index (κ1) is 23.2. The molecule has 1 aliphatic heterocycles. The Morgan fingerprint density at radius 2 is 1.76 bits per heavy atom. The van der Waals surface area contributed by atoms with Gasteiger partial charge in [-0.2, -0.15) is 9.40 Å². The molecule has 0 atom stereocenters. The molecule has 3 aromatic rings. The van der Waals surface area contributed by atoms with Crippen molar-refractivity contribution in [3.05, 3.63) is 83.2 Å². The Kier molecular flexibility index (Phi) is 6.95. The highest BCUT2D eigenvalue weighted by molar-refractivity contribution is 7.89. The predicted molar refractivity (Wildman–Crippen MR) is 127 cm³/mol. The van der Waals surface area contributed by atoms with Crippen LogP contribution in [-0.4, -0.2) is 53.4 Å². The lowest BCUT2D eigenvalue weighted by Gasteiger charge is -2.27. The molecule has 1 aromatic heterocycles. The SMILES string of the molecule is Cc1ccc(C(=O)N(C)Cc2cnn(Cc3ccccc3)c2)cc1S(=O)(=O)N1CCCCC1. The molecule has 0 saturated carbocycles. The first-order valence-electron chi connectivity index (χ1n) is 11.3. The molecule has 0 unspecified atom stereocenters. The Balaban J connectivity index is 1.47. The quantitative estimate of drug-likeness (QED) is 0.532. The second kappa shape index (κ2) is 9.89. The highest BCUT2D eigenvalue weighted by Gasteiger charge is 2.28. The van der Waals surface area contributed by atoms with Crippen LogP contribution >= 0.6 is 0 Å². The van der Waals surface area contributed by atoms with Gasteiger partial charge >= 0.3 is 0 Å². The maximum Gasteiger partial charge on any atom is 0.253 e. The van der Waals surface area contributed by atoms with Crippen molar-refractivity contribution in [1.82, 2.24) is 19.0 Å². The minimum absolute atomic E-state index is 0.221. The van der Waals surface area contributed by atoms with E-state index < -0.39 is 10.0 Å². The smallest absolute Gasteiger partial charge is 0.253 e. The lowest BCUT2D eigenvalue weighted by molar-refractivity contribution is 0.0785. The number of carbonyl (C=O) groups excluding carboxylic acids is 1. The van der Waals surface area contributed by atoms with Crippen molar-refractivity contribution in [3.63, 3.8) is 0 Å². The summed E-state index contributed by atoms with van der Waals surface area (Å²) < 4.78 is 29.8. The van der Waals surface area contributed by atoms with Gasteiger partial charge in [0.15, 0.2) is 0 Å². The maximum absolute atomic E-state index is 13.2. The van der Waals surface area contributed by atoms with Crippen molar-refractivity contribution < 1.29 is 13.2 Å². The third-order valence-corrected chi connectivity index (χ3v) is 8.05. The Morgan fingerprint density at radius 3 is 2.48 bits per heavy atom. The first-order valence-corrected chi connectivity index (χ1v) is 12.7. The molecule has 2 heterocycles. The van der Waals surface area contributed by atoms with E-state index in [0.717, 1.165) is 30.4 Å². The van der Waals surface area contributed by atoms with Crippen LogP contribution < -0.4 is 0 Å². The predicted octanol–water partition coefficient (Wildman–Crippen LogP) is 3.69. The number of hydrogen-bond acceptors (Lipinski definition) is 4. The zero-order valence-corrected chi connectivity index (χ0v) is 20.0. The van der Waals surface area contributed by atoms with Crippen LogP contribution in [-0.2, 0) is 23.1 Å². The first-order chi connectivity index (χ1) is 15.8. The second-order valence-electron chi connectivity index (χ2n) is 8.64. The van der Waals surface area contributed by atoms with E-state index in [0.29, 0.717) is 37.3 Å². The van der Waals surface area contributed by atoms with Gasteiger partial charge in [-0.3, -0.25) is 9.48 Å². The van der Waals surface area contributed by atoms with Gasteiger partial charge in [-0.15, -0.1) is 0 Å². The Hall–Kier alpha value is -2.97. The van der Waals surface area contributed by atoms with Crippen molar-refractivity contribution in [2.24, 2.45) is 0 Å². The maximum atomic E-state index is 13.2. The summed E-state index contributed by atoms with van der Waals surface area (Å²) in [5, 5.41) is 4.40. The lowest BCUT2D eigenvalue weighted by Crippen LogP contribution is -2.36. The molecule has 4 rings (SSSR count). The van der Waals surface area contributed by atoms with E-state index in [1.807, 2.05) is 41.2 Å². The molecule has 1 saturated heterocycles. The van der Waals surface area contributed by atoms with Gasteiger partial charge in [0.1, 0.15) is 0 Å². The summed E-state index contributed by atoms with van der Waals surface area (Å²) in [5.41, 5.74) is 3.09. The number of hydrogen-bond donors (Lipinski definition) is 0. The summed E-state index contributed by atoms with van der Waals surface area (Å²) in [5.74, 6) is -0.221. The minimum atomic E-state index is -3.61. The van der Waals surface area contributed by atoms with Crippen LogP contribution in [0.15, 0.2) is 65.8 Å². The van der Waals surface area contributed by atoms with Gasteiger partial charge in [0, 0.05) is 44.0 Å². The van der Waals surface area contributed by atoms with Crippen molar-refractivity contribution in [3.8, 4) is 0 Å². The molecule has 0 aliphatic carbocycles. The van der Waals surface area contributed by atoms with Crippen LogP contribution in [0.2, 0.25) is 0 Å². The molecule has 2 aromatic carbocycles. The fourth-order valence-electron chi connectivity index (χ4n) is 4.17.